The minimum absolute atomic E-state index is 0.378. The first kappa shape index (κ1) is 106. The Bertz CT molecular complexity index is 7520. The van der Waals surface area contributed by atoms with E-state index in [2.05, 4.69) is 44.9 Å². The molecule has 0 aliphatic carbocycles. The summed E-state index contributed by atoms with van der Waals surface area (Å²) in [5.74, 6) is -1.63. The monoisotopic (exact) mass is 2180 g/mol. The summed E-state index contributed by atoms with van der Waals surface area (Å²) >= 11 is 0. The van der Waals surface area contributed by atoms with Gasteiger partial charge in [0.1, 0.15) is 140 Å². The number of phosphoric acid groups is 6. The number of aliphatic hydroxyl groups is 9. The number of nitrogens with two attached hydrogens (primary N) is 3. The Morgan fingerprint density at radius 1 is 0.303 bits per heavy atom. The SMILES string of the molecule is Nc1nc2c(ncn2[C@@H]2O[C@H](COP(=O)(O)O[C@@H]3[C@H](OP(=O)(O)OC[C@H]4O[C@@H](n5cnc6c(=O)[nH]c(N)nc65)[C@H](O)[C@@H]4OP(=O)(O)OC[C@H]4O[C@@H](n5ccc(=O)[nH]c5=O)[C@H](O)[C@@H]4O)[C@@H](COP(=O)(O)O[C@H]4[C@@H](O)[C@H](n5ccc(=O)[nH]c5=O)O[C@@H]4COP(=O)(O)O[C@H]4[C@@H](O)[C@H](n5ccc(=O)[nH]c5=O)O[C@@H]4CO)O[C@H]3n3cnc4c(N)ncnc43)[C@@H](OP(=O)(O)OC[C@H]3O[C@@H](n4ccc(=O)[nH]c4=O)[C@H](O)[C@@H]3O)[C@H]2O)c(=O)[nH]1. The van der Waals surface area contributed by atoms with Crippen molar-refractivity contribution in [1.82, 2.24) is 96.8 Å². The summed E-state index contributed by atoms with van der Waals surface area (Å²) in [6.45, 7) is -10.1. The van der Waals surface area contributed by atoms with Gasteiger partial charge in [-0.2, -0.15) is 9.97 Å². The molecule has 7 saturated heterocycles. The molecule has 10 aromatic rings. The molecule has 27 N–H and O–H groups in total. The summed E-state index contributed by atoms with van der Waals surface area (Å²) in [6, 6.07) is 3.17. The molecule has 0 saturated carbocycles. The second-order valence-electron chi connectivity index (χ2n) is 32.3. The van der Waals surface area contributed by atoms with Crippen LogP contribution >= 0.6 is 46.9 Å². The van der Waals surface area contributed by atoms with E-state index in [0.29, 0.717) is 30.5 Å². The molecule has 7 fully saturated rings. The average Bonchev–Trinajstić information content (AvgIpc) is 1.60. The van der Waals surface area contributed by atoms with Crippen LogP contribution in [0, 0.1) is 0 Å². The third-order valence-corrected chi connectivity index (χ3v) is 28.8. The first-order chi connectivity index (χ1) is 68.3. The summed E-state index contributed by atoms with van der Waals surface area (Å²) in [7, 11) is -36.9. The normalized spacial score (nSPS) is 32.7. The van der Waals surface area contributed by atoms with Gasteiger partial charge in [0, 0.05) is 49.1 Å². The Kier molecular flexibility index (Phi) is 30.0. The molecule has 17 heterocycles. The van der Waals surface area contributed by atoms with Gasteiger partial charge in [-0.1, -0.05) is 0 Å². The van der Waals surface area contributed by atoms with E-state index < -0.39 is 367 Å². The quantitative estimate of drug-likeness (QED) is 0.0160. The molecular weight excluding hydrogens is 2100 g/mol. The van der Waals surface area contributed by atoms with E-state index in [1.54, 1.807) is 0 Å². The van der Waals surface area contributed by atoms with Crippen molar-refractivity contribution >= 4 is 98.1 Å². The summed E-state index contributed by atoms with van der Waals surface area (Å²) in [5.41, 5.74) is 4.30. The molecule has 0 spiro atoms. The number of nitrogens with zero attached hydrogens (tertiary/aromatic N) is 14. The number of aromatic nitrogens is 20. The van der Waals surface area contributed by atoms with Crippen molar-refractivity contribution in [2.24, 2.45) is 0 Å². The lowest BCUT2D eigenvalue weighted by molar-refractivity contribution is -0.0659. The molecule has 7 aliphatic rings. The number of rotatable bonds is 38. The number of hydrogen-bond acceptors (Lipinski definition) is 54. The summed E-state index contributed by atoms with van der Waals surface area (Å²) in [5, 5.41) is 102. The van der Waals surface area contributed by atoms with Crippen molar-refractivity contribution < 1.29 is 190 Å². The second-order valence-corrected chi connectivity index (χ2v) is 40.7. The number of phosphoric ester groups is 6. The van der Waals surface area contributed by atoms with Gasteiger partial charge in [0.25, 0.3) is 33.4 Å². The van der Waals surface area contributed by atoms with Crippen LogP contribution in [0.25, 0.3) is 33.5 Å². The van der Waals surface area contributed by atoms with Gasteiger partial charge < -0.3 is 126 Å². The van der Waals surface area contributed by atoms with E-state index in [9.17, 15) is 142 Å². The molecular formula is C66H81N23O50P6. The van der Waals surface area contributed by atoms with Crippen LogP contribution in [0.4, 0.5) is 17.7 Å². The molecule has 10 aromatic heterocycles. The number of aliphatic hydroxyl groups excluding tert-OH is 9. The lowest BCUT2D eigenvalue weighted by atomic mass is 10.1. The lowest BCUT2D eigenvalue weighted by Crippen LogP contribution is -2.40. The topological polar surface area (TPSA) is 1050 Å². The Balaban J connectivity index is 0.689. The van der Waals surface area contributed by atoms with Crippen LogP contribution in [-0.2, 0) is 115 Å². The van der Waals surface area contributed by atoms with E-state index in [4.69, 9.17) is 105 Å². The zero-order valence-electron chi connectivity index (χ0n) is 72.2. The highest BCUT2D eigenvalue weighted by Gasteiger charge is 2.60. The number of ether oxygens (including phenoxy) is 7. The molecule has 0 radical (unpaired) electrons. The molecule has 6 unspecified atom stereocenters. The van der Waals surface area contributed by atoms with Crippen molar-refractivity contribution in [3.05, 3.63) is 178 Å². The Morgan fingerprint density at radius 3 is 0.897 bits per heavy atom. The fourth-order valence-corrected chi connectivity index (χ4v) is 22.0. The highest BCUT2D eigenvalue weighted by molar-refractivity contribution is 7.48. The molecule has 17 rings (SSSR count). The minimum atomic E-state index is -6.47. The van der Waals surface area contributed by atoms with Crippen molar-refractivity contribution in [2.45, 2.75) is 172 Å². The fraction of sp³-hybridized carbons (Fsp3) is 0.530. The van der Waals surface area contributed by atoms with Crippen LogP contribution in [0.5, 0.6) is 0 Å². The summed E-state index contributed by atoms with van der Waals surface area (Å²) in [4.78, 5) is 236. The number of fused-ring (bicyclic) bond motifs is 3. The highest BCUT2D eigenvalue weighted by Crippen LogP contribution is 2.59. The van der Waals surface area contributed by atoms with Gasteiger partial charge >= 0.3 is 69.7 Å². The number of imidazole rings is 3. The smallest absolute Gasteiger partial charge is 0.394 e. The van der Waals surface area contributed by atoms with Crippen molar-refractivity contribution in [3.63, 3.8) is 0 Å². The number of hydrogen-bond donors (Lipinski definition) is 24. The van der Waals surface area contributed by atoms with E-state index in [0.717, 1.165) is 75.8 Å². The maximum Gasteiger partial charge on any atom is 0.472 e. The van der Waals surface area contributed by atoms with Gasteiger partial charge in [0.2, 0.25) is 11.9 Å². The number of aromatic amines is 6. The van der Waals surface area contributed by atoms with E-state index in [1.807, 2.05) is 19.9 Å². The number of nitrogens with one attached hydrogen (secondary N) is 6. The standard InChI is InChI=1S/C66H81N23O50P6/c67-48-31-49(71-16-70-48)87(17-72-31)60-47(139-145(119,120)125-14-25-45(41(102)59(132-25)89-19-74-33-51(89)80-62(69)82-53(33)104)137-141(111,112)122-11-22-35(96)37(98)55(129-22)84-6-2-28(92)76-64(84)106)46(26(133-60)15-126-143(115,116)135-43-23(130-57(39(43)100)86-8-4-30(94)78-66(86)108)12-123-142(113,114)134-42-20(9-90)127-56(38(42)99)85-7-3-29(93)77-65(85)107)138-144(117,118)124-13-24-44(40(101)58(131-24)88-18-73-32-50(88)79-61(68)81-52(32)103)136-140(109,110)121-10-21-34(95)36(97)54(128-21)83-5-1-27(91)75-63(83)105/h1-8,16-26,34-47,54-60,90,95-102H,9-15H2,(H,109,110)(H,111,112)(H,113,114)(H,115,116)(H,117,118)(H,119,120)(H2,67,70,71)(H,75,91,105)(H,76,92,106)(H,77,93,107)(H,78,94,108)(H3,68,79,81,103)(H3,69,80,82,104)/t20-,21-,22-,23-,24-,25-,26-,34-,35-,36-,37-,38-,39-,40-,41-,42-,43-,44-,45-,46-,47-,54-,55-,56-,57-,58-,59-,60-/m1/s1. The van der Waals surface area contributed by atoms with Crippen LogP contribution in [0.2, 0.25) is 0 Å². The largest absolute Gasteiger partial charge is 0.472 e. The molecule has 34 atom stereocenters. The predicted octanol–water partition coefficient (Wildman–Crippen LogP) is -11.8. The van der Waals surface area contributed by atoms with Gasteiger partial charge in [-0.05, 0) is 0 Å². The second kappa shape index (κ2) is 41.1. The summed E-state index contributed by atoms with van der Waals surface area (Å²) in [6.07, 6.45) is -56.1. The zero-order valence-corrected chi connectivity index (χ0v) is 77.6. The molecule has 73 nitrogen and oxygen atoms in total. The molecule has 790 valence electrons. The third kappa shape index (κ3) is 22.2. The maximum absolute atomic E-state index is 15.3. The Morgan fingerprint density at radius 2 is 0.566 bits per heavy atom. The first-order valence-corrected chi connectivity index (χ1v) is 50.5. The van der Waals surface area contributed by atoms with Gasteiger partial charge in [0.05, 0.1) is 65.2 Å². The van der Waals surface area contributed by atoms with Crippen molar-refractivity contribution in [2.75, 3.05) is 63.4 Å². The van der Waals surface area contributed by atoms with Crippen LogP contribution in [-0.4, -0.2) is 347 Å². The van der Waals surface area contributed by atoms with Gasteiger partial charge in [-0.15, -0.1) is 0 Å². The van der Waals surface area contributed by atoms with Gasteiger partial charge in [-0.3, -0.25) is 145 Å². The highest BCUT2D eigenvalue weighted by atomic mass is 31.2. The van der Waals surface area contributed by atoms with Crippen LogP contribution in [0.1, 0.15) is 43.6 Å². The van der Waals surface area contributed by atoms with E-state index in [-0.39, 0.29) is 5.52 Å². The van der Waals surface area contributed by atoms with Crippen LogP contribution in [0.15, 0.2) is 122 Å². The first-order valence-electron chi connectivity index (χ1n) is 41.6. The lowest BCUT2D eigenvalue weighted by Gasteiger charge is -2.29. The molecule has 0 bridgehead atoms. The third-order valence-electron chi connectivity index (χ3n) is 22.9. The number of nitrogen functional groups attached to an aromatic ring is 3. The number of anilines is 3. The molecule has 0 amide bonds. The van der Waals surface area contributed by atoms with Crippen LogP contribution < -0.4 is 73.3 Å². The Hall–Kier alpha value is -10.6. The minimum Gasteiger partial charge on any atom is -0.394 e. The maximum atomic E-state index is 15.3. The van der Waals surface area contributed by atoms with E-state index in [1.165, 1.54) is 0 Å². The van der Waals surface area contributed by atoms with Gasteiger partial charge in [-0.25, -0.2) is 71.5 Å². The van der Waals surface area contributed by atoms with Crippen molar-refractivity contribution in [1.29, 1.82) is 0 Å². The molecule has 7 aliphatic heterocycles. The Labute approximate surface area is 795 Å². The molecule has 145 heavy (non-hydrogen) atoms. The molecule has 0 aromatic carbocycles. The predicted molar refractivity (Wildman–Crippen MR) is 457 cm³/mol. The van der Waals surface area contributed by atoms with Crippen molar-refractivity contribution in [3.8, 4) is 0 Å². The van der Waals surface area contributed by atoms with E-state index >= 15 is 9.13 Å². The van der Waals surface area contributed by atoms with Gasteiger partial charge in [0.15, 0.2) is 77.4 Å². The van der Waals surface area contributed by atoms with Crippen LogP contribution in [0.3, 0.4) is 0 Å². The fourth-order valence-electron chi connectivity index (χ4n) is 16.3. The average molecular weight is 2180 g/mol. The molecule has 79 heteroatoms. The zero-order chi connectivity index (χ0) is 104. The summed E-state index contributed by atoms with van der Waals surface area (Å²) < 4.78 is 198. The number of H-pyrrole nitrogens is 6.